The van der Waals surface area contributed by atoms with E-state index in [9.17, 15) is 19.2 Å². The van der Waals surface area contributed by atoms with Gasteiger partial charge < -0.3 is 14.5 Å². The van der Waals surface area contributed by atoms with Crippen LogP contribution in [0.1, 0.15) is 60.3 Å². The highest BCUT2D eigenvalue weighted by molar-refractivity contribution is 8.77. The summed E-state index contributed by atoms with van der Waals surface area (Å²) in [5, 5.41) is 0.571. The van der Waals surface area contributed by atoms with Crippen molar-refractivity contribution in [3.05, 3.63) is 0 Å². The molecule has 1 heterocycles. The van der Waals surface area contributed by atoms with Crippen LogP contribution in [-0.4, -0.2) is 64.5 Å². The first-order valence-electron chi connectivity index (χ1n) is 9.56. The number of amides is 3. The highest BCUT2D eigenvalue weighted by Gasteiger charge is 2.32. The highest BCUT2D eigenvalue weighted by atomic mass is 33.1. The summed E-state index contributed by atoms with van der Waals surface area (Å²) < 4.78 is 5.12. The molecule has 0 aromatic rings. The molecule has 3 amide bonds. The van der Waals surface area contributed by atoms with Crippen molar-refractivity contribution in [1.82, 2.24) is 9.96 Å². The summed E-state index contributed by atoms with van der Waals surface area (Å²) in [4.78, 5) is 53.1. The van der Waals surface area contributed by atoms with Crippen LogP contribution >= 0.6 is 21.6 Å². The van der Waals surface area contributed by atoms with Gasteiger partial charge in [0, 0.05) is 43.4 Å². The molecule has 0 radical (unpaired) electrons. The van der Waals surface area contributed by atoms with E-state index in [0.717, 1.165) is 0 Å². The van der Waals surface area contributed by atoms with Crippen molar-refractivity contribution >= 4 is 45.5 Å². The van der Waals surface area contributed by atoms with Gasteiger partial charge in [-0.25, -0.2) is 9.59 Å². The molecule has 29 heavy (non-hydrogen) atoms. The van der Waals surface area contributed by atoms with Gasteiger partial charge in [0.05, 0.1) is 6.61 Å². The summed E-state index contributed by atoms with van der Waals surface area (Å²) in [6, 6.07) is 0. The number of ether oxygens (including phenoxy) is 1. The van der Waals surface area contributed by atoms with Gasteiger partial charge in [0.2, 0.25) is 0 Å². The molecule has 0 aromatic carbocycles. The average Bonchev–Trinajstić information content (AvgIpc) is 2.90. The van der Waals surface area contributed by atoms with E-state index in [-0.39, 0.29) is 35.5 Å². The van der Waals surface area contributed by atoms with Gasteiger partial charge in [-0.1, -0.05) is 42.4 Å². The van der Waals surface area contributed by atoms with Crippen LogP contribution < -0.4 is 0 Å². The van der Waals surface area contributed by atoms with Gasteiger partial charge >= 0.3 is 12.1 Å². The molecular formula is C19H32N2O6S2. The Morgan fingerprint density at radius 3 is 2.24 bits per heavy atom. The van der Waals surface area contributed by atoms with Gasteiger partial charge in [-0.2, -0.15) is 0 Å². The molecular weight excluding hydrogens is 416 g/mol. The molecule has 0 saturated carbocycles. The van der Waals surface area contributed by atoms with Gasteiger partial charge in [0.15, 0.2) is 0 Å². The van der Waals surface area contributed by atoms with E-state index in [1.807, 2.05) is 34.6 Å². The summed E-state index contributed by atoms with van der Waals surface area (Å²) in [5.41, 5.74) is -0.0763. The molecule has 8 nitrogen and oxygen atoms in total. The molecule has 1 aliphatic heterocycles. The second kappa shape index (κ2) is 11.1. The second-order valence-electron chi connectivity index (χ2n) is 8.79. The number of rotatable bonds is 10. The molecule has 10 heteroatoms. The van der Waals surface area contributed by atoms with Crippen LogP contribution in [0.3, 0.4) is 0 Å². The quantitative estimate of drug-likeness (QED) is 0.284. The maximum atomic E-state index is 12.1. The zero-order valence-corrected chi connectivity index (χ0v) is 19.7. The lowest BCUT2D eigenvalue weighted by molar-refractivity contribution is -0.197. The number of hydroxylamine groups is 2. The Hall–Kier alpha value is -1.42. The minimum atomic E-state index is -0.584. The van der Waals surface area contributed by atoms with Gasteiger partial charge in [-0.05, 0) is 25.7 Å². The number of hydrogen-bond acceptors (Lipinski definition) is 8. The Morgan fingerprint density at radius 1 is 1.10 bits per heavy atom. The zero-order chi connectivity index (χ0) is 22.2. The Morgan fingerprint density at radius 2 is 1.69 bits per heavy atom. The molecule has 0 N–H and O–H groups in total. The minimum Gasteiger partial charge on any atom is -0.449 e. The van der Waals surface area contributed by atoms with E-state index >= 15 is 0 Å². The summed E-state index contributed by atoms with van der Waals surface area (Å²) in [6.07, 6.45) is 0.529. The first kappa shape index (κ1) is 25.6. The van der Waals surface area contributed by atoms with E-state index in [0.29, 0.717) is 30.4 Å². The topological polar surface area (TPSA) is 93.2 Å². The molecule has 1 fully saturated rings. The molecule has 1 saturated heterocycles. The Bertz CT molecular complexity index is 602. The molecule has 1 aliphatic rings. The van der Waals surface area contributed by atoms with E-state index in [1.165, 1.54) is 0 Å². The van der Waals surface area contributed by atoms with Crippen molar-refractivity contribution in [1.29, 1.82) is 0 Å². The standard InChI is InChI=1S/C19H32N2O6S2/c1-18(2,3)13-26-17(25)20(6)12-19(4,5)29-28-11-7-8-16(24)27-21-14(22)9-10-15(21)23/h7-13H2,1-6H3. The van der Waals surface area contributed by atoms with Crippen LogP contribution in [-0.2, 0) is 24.0 Å². The Labute approximate surface area is 180 Å². The van der Waals surface area contributed by atoms with Crippen LogP contribution in [0.2, 0.25) is 0 Å². The number of carbonyl (C=O) groups excluding carboxylic acids is 4. The van der Waals surface area contributed by atoms with Gasteiger partial charge in [0.1, 0.15) is 0 Å². The molecule has 0 atom stereocenters. The molecule has 1 rings (SSSR count). The molecule has 0 spiro atoms. The predicted octanol–water partition coefficient (Wildman–Crippen LogP) is 3.65. The van der Waals surface area contributed by atoms with Gasteiger partial charge in [0.25, 0.3) is 11.8 Å². The molecule has 0 aliphatic carbocycles. The third-order valence-electron chi connectivity index (χ3n) is 3.65. The molecule has 0 bridgehead atoms. The monoisotopic (exact) mass is 448 g/mol. The Balaban J connectivity index is 2.23. The lowest BCUT2D eigenvalue weighted by atomic mass is 9.99. The summed E-state index contributed by atoms with van der Waals surface area (Å²) in [6.45, 7) is 11.0. The van der Waals surface area contributed by atoms with Crippen LogP contribution in [0, 0.1) is 5.41 Å². The van der Waals surface area contributed by atoms with Crippen molar-refractivity contribution in [2.24, 2.45) is 5.41 Å². The maximum absolute atomic E-state index is 12.1. The largest absolute Gasteiger partial charge is 0.449 e. The predicted molar refractivity (Wildman–Crippen MR) is 114 cm³/mol. The second-order valence-corrected chi connectivity index (χ2v) is 11.9. The molecule has 0 aromatic heterocycles. The summed E-state index contributed by atoms with van der Waals surface area (Å²) in [7, 11) is 4.95. The van der Waals surface area contributed by atoms with Gasteiger partial charge in [-0.3, -0.25) is 9.59 Å². The maximum Gasteiger partial charge on any atom is 0.409 e. The fourth-order valence-electron chi connectivity index (χ4n) is 2.33. The molecule has 166 valence electrons. The first-order valence-corrected chi connectivity index (χ1v) is 11.9. The van der Waals surface area contributed by atoms with Crippen molar-refractivity contribution in [2.75, 3.05) is 26.0 Å². The third-order valence-corrected chi connectivity index (χ3v) is 7.01. The fraction of sp³-hybridized carbons (Fsp3) is 0.789. The van der Waals surface area contributed by atoms with Crippen molar-refractivity contribution < 1.29 is 28.8 Å². The van der Waals surface area contributed by atoms with E-state index in [4.69, 9.17) is 9.57 Å². The highest BCUT2D eigenvalue weighted by Crippen LogP contribution is 2.36. The SMILES string of the molecule is CN(CC(C)(C)SSCCCC(=O)ON1C(=O)CCC1=O)C(=O)OCC(C)(C)C. The number of nitrogens with zero attached hydrogens (tertiary/aromatic N) is 2. The van der Waals surface area contributed by atoms with E-state index in [2.05, 4.69) is 0 Å². The number of carbonyl (C=O) groups is 4. The van der Waals surface area contributed by atoms with Crippen molar-refractivity contribution in [2.45, 2.75) is 65.0 Å². The van der Waals surface area contributed by atoms with Crippen LogP contribution in [0.25, 0.3) is 0 Å². The van der Waals surface area contributed by atoms with Crippen molar-refractivity contribution in [3.8, 4) is 0 Å². The lowest BCUT2D eigenvalue weighted by Crippen LogP contribution is -2.38. The fourth-order valence-corrected chi connectivity index (χ4v) is 4.96. The summed E-state index contributed by atoms with van der Waals surface area (Å²) in [5.74, 6) is -0.830. The number of imide groups is 1. The molecule has 0 unspecified atom stereocenters. The van der Waals surface area contributed by atoms with E-state index < -0.39 is 17.8 Å². The van der Waals surface area contributed by atoms with Crippen LogP contribution in [0.5, 0.6) is 0 Å². The third kappa shape index (κ3) is 10.3. The van der Waals surface area contributed by atoms with Crippen LogP contribution in [0.4, 0.5) is 4.79 Å². The smallest absolute Gasteiger partial charge is 0.409 e. The average molecular weight is 449 g/mol. The van der Waals surface area contributed by atoms with Crippen LogP contribution in [0.15, 0.2) is 0 Å². The minimum absolute atomic E-state index is 0.0763. The summed E-state index contributed by atoms with van der Waals surface area (Å²) >= 11 is 0. The first-order chi connectivity index (χ1) is 13.3. The normalized spacial score (nSPS) is 14.9. The Kier molecular flexibility index (Phi) is 9.81. The lowest BCUT2D eigenvalue weighted by Gasteiger charge is -2.29. The van der Waals surface area contributed by atoms with Crippen molar-refractivity contribution in [3.63, 3.8) is 0 Å². The number of hydrogen-bond donors (Lipinski definition) is 0. The van der Waals surface area contributed by atoms with Gasteiger partial charge in [-0.15, -0.1) is 5.06 Å². The van der Waals surface area contributed by atoms with E-state index in [1.54, 1.807) is 33.5 Å². The zero-order valence-electron chi connectivity index (χ0n) is 18.1.